The van der Waals surface area contributed by atoms with Crippen molar-refractivity contribution < 1.29 is 18.7 Å². The van der Waals surface area contributed by atoms with Gasteiger partial charge in [-0.05, 0) is 79.0 Å². The molecule has 1 aromatic heterocycles. The van der Waals surface area contributed by atoms with Gasteiger partial charge in [0, 0.05) is 28.4 Å². The van der Waals surface area contributed by atoms with Crippen molar-refractivity contribution in [2.24, 2.45) is 0 Å². The number of furan rings is 1. The van der Waals surface area contributed by atoms with Gasteiger partial charge >= 0.3 is 0 Å². The summed E-state index contributed by atoms with van der Waals surface area (Å²) >= 11 is 17.3. The smallest absolute Gasteiger partial charge is 0.257 e. The lowest BCUT2D eigenvalue weighted by Crippen LogP contribution is -2.32. The van der Waals surface area contributed by atoms with Crippen LogP contribution in [0.3, 0.4) is 0 Å². The third kappa shape index (κ3) is 7.01. The van der Waals surface area contributed by atoms with Crippen molar-refractivity contribution in [3.8, 4) is 17.1 Å². The molecule has 0 aliphatic carbocycles. The first-order chi connectivity index (χ1) is 18.3. The van der Waals surface area contributed by atoms with Crippen LogP contribution in [0.1, 0.15) is 16.1 Å². The molecular weight excluding hydrogens is 545 g/mol. The van der Waals surface area contributed by atoms with Gasteiger partial charge in [0.1, 0.15) is 17.3 Å². The molecule has 0 saturated carbocycles. The van der Waals surface area contributed by atoms with Crippen molar-refractivity contribution in [3.63, 3.8) is 0 Å². The molecule has 3 aromatic carbocycles. The molecule has 0 radical (unpaired) electrons. The quantitative estimate of drug-likeness (QED) is 0.164. The van der Waals surface area contributed by atoms with Gasteiger partial charge in [-0.1, -0.05) is 35.3 Å². The molecule has 38 heavy (non-hydrogen) atoms. The average molecular weight is 566 g/mol. The van der Waals surface area contributed by atoms with E-state index in [0.717, 1.165) is 5.56 Å². The molecule has 0 saturated heterocycles. The van der Waals surface area contributed by atoms with Crippen molar-refractivity contribution >= 4 is 69.8 Å². The van der Waals surface area contributed by atoms with Gasteiger partial charge in [-0.2, -0.15) is 0 Å². The second-order valence-electron chi connectivity index (χ2n) is 7.83. The number of rotatable bonds is 7. The Hall–Kier alpha value is -4.11. The van der Waals surface area contributed by atoms with Gasteiger partial charge in [0.25, 0.3) is 5.91 Å². The summed E-state index contributed by atoms with van der Waals surface area (Å²) in [6.07, 6.45) is 2.85. The zero-order chi connectivity index (χ0) is 27.1. The van der Waals surface area contributed by atoms with E-state index in [2.05, 4.69) is 16.0 Å². The number of hydrogen-bond acceptors (Lipinski definition) is 5. The molecule has 0 bridgehead atoms. The Bertz CT molecular complexity index is 1520. The zero-order valence-corrected chi connectivity index (χ0v) is 22.3. The Balaban J connectivity index is 1.33. The maximum absolute atomic E-state index is 12.6. The van der Waals surface area contributed by atoms with Crippen LogP contribution in [-0.4, -0.2) is 24.0 Å². The van der Waals surface area contributed by atoms with E-state index in [1.54, 1.807) is 66.7 Å². The van der Waals surface area contributed by atoms with E-state index in [1.165, 1.54) is 19.3 Å². The van der Waals surface area contributed by atoms with E-state index >= 15 is 0 Å². The van der Waals surface area contributed by atoms with E-state index < -0.39 is 5.91 Å². The van der Waals surface area contributed by atoms with Crippen LogP contribution in [0.15, 0.2) is 89.4 Å². The standard InChI is InChI=1S/C28H21Cl2N3O4S/c1-36-25-16-19(10-13-23(25)32-27(35)21-4-2-3-5-22(21)30)31-28(38)33-26(34)15-12-20-11-14-24(37-20)17-6-8-18(29)9-7-17/h2-16H,1H3,(H,32,35)(H2,31,33,34,38). The highest BCUT2D eigenvalue weighted by molar-refractivity contribution is 7.80. The van der Waals surface area contributed by atoms with E-state index in [-0.39, 0.29) is 11.0 Å². The van der Waals surface area contributed by atoms with E-state index in [4.69, 9.17) is 44.6 Å². The average Bonchev–Trinajstić information content (AvgIpc) is 3.38. The lowest BCUT2D eigenvalue weighted by atomic mass is 10.2. The molecule has 4 rings (SSSR count). The molecule has 3 N–H and O–H groups in total. The molecular formula is C28H21Cl2N3O4S. The largest absolute Gasteiger partial charge is 0.494 e. The minimum absolute atomic E-state index is 0.0795. The van der Waals surface area contributed by atoms with E-state index in [9.17, 15) is 9.59 Å². The monoisotopic (exact) mass is 565 g/mol. The number of nitrogens with one attached hydrogen (secondary N) is 3. The summed E-state index contributed by atoms with van der Waals surface area (Å²) < 4.78 is 11.1. The van der Waals surface area contributed by atoms with Crippen LogP contribution in [0.2, 0.25) is 10.0 Å². The minimum Gasteiger partial charge on any atom is -0.494 e. The number of amides is 2. The maximum Gasteiger partial charge on any atom is 0.257 e. The van der Waals surface area contributed by atoms with Crippen molar-refractivity contribution in [2.75, 3.05) is 17.7 Å². The van der Waals surface area contributed by atoms with Gasteiger partial charge in [-0.15, -0.1) is 0 Å². The van der Waals surface area contributed by atoms with Gasteiger partial charge in [-0.25, -0.2) is 0 Å². The first-order valence-electron chi connectivity index (χ1n) is 11.2. The number of halogens is 2. The molecule has 0 aliphatic rings. The first kappa shape index (κ1) is 26.9. The van der Waals surface area contributed by atoms with Crippen molar-refractivity contribution in [2.45, 2.75) is 0 Å². The number of carbonyl (C=O) groups is 2. The first-order valence-corrected chi connectivity index (χ1v) is 12.4. The number of ether oxygens (including phenoxy) is 1. The lowest BCUT2D eigenvalue weighted by Gasteiger charge is -2.14. The second kappa shape index (κ2) is 12.4. The summed E-state index contributed by atoms with van der Waals surface area (Å²) in [6.45, 7) is 0. The summed E-state index contributed by atoms with van der Waals surface area (Å²) in [5, 5.41) is 9.31. The molecule has 0 spiro atoms. The maximum atomic E-state index is 12.6. The van der Waals surface area contributed by atoms with Gasteiger partial charge in [0.2, 0.25) is 5.91 Å². The fraction of sp³-hybridized carbons (Fsp3) is 0.0357. The summed E-state index contributed by atoms with van der Waals surface area (Å²) in [5.41, 5.74) is 2.20. The van der Waals surface area contributed by atoms with Crippen LogP contribution >= 0.6 is 35.4 Å². The Labute approximate surface area is 234 Å². The van der Waals surface area contributed by atoms with Crippen LogP contribution in [0.25, 0.3) is 17.4 Å². The molecule has 1 heterocycles. The number of carbonyl (C=O) groups excluding carboxylic acids is 2. The van der Waals surface area contributed by atoms with Crippen LogP contribution in [0, 0.1) is 0 Å². The predicted octanol–water partition coefficient (Wildman–Crippen LogP) is 7.04. The predicted molar refractivity (Wildman–Crippen MR) is 155 cm³/mol. The summed E-state index contributed by atoms with van der Waals surface area (Å²) in [6, 6.07) is 22.5. The molecule has 2 amide bonds. The molecule has 192 valence electrons. The normalized spacial score (nSPS) is 10.7. The van der Waals surface area contributed by atoms with Crippen molar-refractivity contribution in [3.05, 3.63) is 106 Å². The molecule has 0 fully saturated rings. The number of anilines is 2. The number of hydrogen-bond donors (Lipinski definition) is 3. The zero-order valence-electron chi connectivity index (χ0n) is 20.0. The van der Waals surface area contributed by atoms with Crippen LogP contribution in [0.4, 0.5) is 11.4 Å². The second-order valence-corrected chi connectivity index (χ2v) is 9.09. The summed E-state index contributed by atoms with van der Waals surface area (Å²) in [4.78, 5) is 24.9. The Morgan fingerprint density at radius 1 is 0.947 bits per heavy atom. The van der Waals surface area contributed by atoms with Crippen LogP contribution in [-0.2, 0) is 4.79 Å². The van der Waals surface area contributed by atoms with Crippen LogP contribution < -0.4 is 20.7 Å². The molecule has 10 heteroatoms. The van der Waals surface area contributed by atoms with E-state index in [0.29, 0.717) is 44.3 Å². The molecule has 4 aromatic rings. The fourth-order valence-electron chi connectivity index (χ4n) is 3.39. The molecule has 0 unspecified atom stereocenters. The highest BCUT2D eigenvalue weighted by Gasteiger charge is 2.13. The number of benzene rings is 3. The van der Waals surface area contributed by atoms with Gasteiger partial charge in [-0.3, -0.25) is 14.9 Å². The Kier molecular flexibility index (Phi) is 8.81. The minimum atomic E-state index is -0.442. The fourth-order valence-corrected chi connectivity index (χ4v) is 3.96. The SMILES string of the molecule is COc1cc(NC(=S)NC(=O)C=Cc2ccc(-c3ccc(Cl)cc3)o2)ccc1NC(=O)c1ccccc1Cl. The van der Waals surface area contributed by atoms with Crippen molar-refractivity contribution in [1.82, 2.24) is 5.32 Å². The van der Waals surface area contributed by atoms with Crippen LogP contribution in [0.5, 0.6) is 5.75 Å². The van der Waals surface area contributed by atoms with Gasteiger partial charge < -0.3 is 19.8 Å². The third-order valence-electron chi connectivity index (χ3n) is 5.22. The lowest BCUT2D eigenvalue weighted by molar-refractivity contribution is -0.115. The molecule has 0 atom stereocenters. The Morgan fingerprint density at radius 2 is 1.71 bits per heavy atom. The highest BCUT2D eigenvalue weighted by atomic mass is 35.5. The Morgan fingerprint density at radius 3 is 2.45 bits per heavy atom. The van der Waals surface area contributed by atoms with E-state index in [1.807, 2.05) is 12.1 Å². The summed E-state index contributed by atoms with van der Waals surface area (Å²) in [5.74, 6) is 0.727. The number of thiocarbonyl (C=S) groups is 1. The van der Waals surface area contributed by atoms with Crippen molar-refractivity contribution in [1.29, 1.82) is 0 Å². The molecule has 0 aliphatic heterocycles. The van der Waals surface area contributed by atoms with Gasteiger partial charge in [0.15, 0.2) is 5.11 Å². The highest BCUT2D eigenvalue weighted by Crippen LogP contribution is 2.29. The molecule has 7 nitrogen and oxygen atoms in total. The topological polar surface area (TPSA) is 92.6 Å². The number of methoxy groups -OCH3 is 1. The summed E-state index contributed by atoms with van der Waals surface area (Å²) in [7, 11) is 1.47. The third-order valence-corrected chi connectivity index (χ3v) is 6.00. The van der Waals surface area contributed by atoms with Gasteiger partial charge in [0.05, 0.1) is 23.4 Å².